The zero-order chi connectivity index (χ0) is 19.8. The largest absolute Gasteiger partial charge is 0.355 e. The molecule has 1 aliphatic rings. The summed E-state index contributed by atoms with van der Waals surface area (Å²) < 4.78 is 0.927. The summed E-state index contributed by atoms with van der Waals surface area (Å²) in [6.45, 7) is 12.6. The number of nitrogens with one attached hydrogen (secondary N) is 1. The van der Waals surface area contributed by atoms with Crippen LogP contribution in [0, 0.1) is 0 Å². The molecule has 0 fully saturated rings. The number of aryl methyl sites for hydroxylation is 1. The van der Waals surface area contributed by atoms with Gasteiger partial charge in [0.25, 0.3) is 0 Å². The lowest BCUT2D eigenvalue weighted by Gasteiger charge is -2.10. The first-order valence-electron chi connectivity index (χ1n) is 10.0. The van der Waals surface area contributed by atoms with E-state index in [0.717, 1.165) is 33.9 Å². The molecule has 1 N–H and O–H groups in total. The lowest BCUT2D eigenvalue weighted by molar-refractivity contribution is 0.667. The van der Waals surface area contributed by atoms with Crippen molar-refractivity contribution in [2.75, 3.05) is 0 Å². The molecular weight excluding hydrogens is 366 g/mol. The first-order chi connectivity index (χ1) is 12.9. The van der Waals surface area contributed by atoms with Crippen LogP contribution in [0.1, 0.15) is 83.2 Å². The Hall–Kier alpha value is -1.32. The van der Waals surface area contributed by atoms with Gasteiger partial charge >= 0.3 is 0 Å². The Labute approximate surface area is 175 Å². The second-order valence-corrected chi connectivity index (χ2v) is 9.65. The molecule has 1 nitrogen and oxygen atoms in total. The minimum Gasteiger partial charge on any atom is -0.355 e. The van der Waals surface area contributed by atoms with Crippen molar-refractivity contribution in [3.63, 3.8) is 0 Å². The van der Waals surface area contributed by atoms with Crippen LogP contribution in [0.25, 0.3) is 11.6 Å². The number of H-pyrrole nitrogens is 1. The Balaban J connectivity index is 2.34. The van der Waals surface area contributed by atoms with Crippen LogP contribution >= 0.6 is 24.0 Å². The second kappa shape index (κ2) is 10.9. The van der Waals surface area contributed by atoms with Gasteiger partial charge in [0, 0.05) is 20.5 Å². The van der Waals surface area contributed by atoms with Gasteiger partial charge in [-0.2, -0.15) is 0 Å². The van der Waals surface area contributed by atoms with Crippen LogP contribution in [0.5, 0.6) is 0 Å². The van der Waals surface area contributed by atoms with E-state index in [1.54, 1.807) is 11.8 Å². The number of aromatic amines is 1. The fourth-order valence-corrected chi connectivity index (χ4v) is 4.19. The van der Waals surface area contributed by atoms with Crippen molar-refractivity contribution < 1.29 is 0 Å². The third kappa shape index (κ3) is 6.97. The number of unbranched alkanes of at least 4 members (excludes halogenated alkanes) is 3. The molecule has 1 aromatic rings. The lowest BCUT2D eigenvalue weighted by atomic mass is 9.97. The van der Waals surface area contributed by atoms with Crippen LogP contribution in [0.4, 0.5) is 0 Å². The van der Waals surface area contributed by atoms with Crippen LogP contribution < -0.4 is 0 Å². The van der Waals surface area contributed by atoms with Gasteiger partial charge in [0.1, 0.15) is 0 Å². The molecule has 0 radical (unpaired) electrons. The normalized spacial score (nSPS) is 14.7. The number of thiocarbonyl (C=S) groups is 1. The number of rotatable bonds is 9. The Kier molecular flexibility index (Phi) is 8.85. The zero-order valence-electron chi connectivity index (χ0n) is 17.3. The molecule has 146 valence electrons. The molecule has 0 unspecified atom stereocenters. The fourth-order valence-electron chi connectivity index (χ4n) is 3.26. The van der Waals surface area contributed by atoms with Crippen molar-refractivity contribution in [3.8, 4) is 0 Å². The van der Waals surface area contributed by atoms with Gasteiger partial charge < -0.3 is 4.98 Å². The maximum Gasteiger partial charge on any atom is 0.0496 e. The van der Waals surface area contributed by atoms with E-state index in [9.17, 15) is 0 Å². The van der Waals surface area contributed by atoms with Crippen LogP contribution in [0.2, 0.25) is 0 Å². The average molecular weight is 400 g/mol. The molecule has 0 aliphatic heterocycles. The van der Waals surface area contributed by atoms with Gasteiger partial charge in [-0.1, -0.05) is 74.5 Å². The summed E-state index contributed by atoms with van der Waals surface area (Å²) >= 11 is 6.95. The molecule has 0 saturated carbocycles. The molecule has 27 heavy (non-hydrogen) atoms. The van der Waals surface area contributed by atoms with Crippen molar-refractivity contribution in [3.05, 3.63) is 57.8 Å². The van der Waals surface area contributed by atoms with E-state index in [1.165, 1.54) is 53.8 Å². The SMILES string of the molecule is C=C(C)/C(=C/c1[nH]c(C2=CC=C(C)CC2)cc1CCCCCC)SC(C)=S. The number of allylic oxidation sites excluding steroid dienone is 5. The highest BCUT2D eigenvalue weighted by Crippen LogP contribution is 2.32. The maximum atomic E-state index is 5.31. The molecule has 0 bridgehead atoms. The number of hydrogen-bond donors (Lipinski definition) is 1. The molecule has 0 saturated heterocycles. The molecule has 3 heteroatoms. The Bertz CT molecular complexity index is 774. The summed E-state index contributed by atoms with van der Waals surface area (Å²) in [6, 6.07) is 2.36. The molecule has 0 spiro atoms. The summed E-state index contributed by atoms with van der Waals surface area (Å²) in [5.74, 6) is 0. The van der Waals surface area contributed by atoms with Gasteiger partial charge in [-0.05, 0) is 75.3 Å². The van der Waals surface area contributed by atoms with Crippen LogP contribution in [0.15, 0.2) is 40.8 Å². The first kappa shape index (κ1) is 22.0. The number of aromatic nitrogens is 1. The second-order valence-electron chi connectivity index (χ2n) is 7.52. The van der Waals surface area contributed by atoms with Crippen molar-refractivity contribution in [2.45, 2.75) is 72.6 Å². The van der Waals surface area contributed by atoms with Crippen molar-refractivity contribution in [1.29, 1.82) is 0 Å². The first-order valence-corrected chi connectivity index (χ1v) is 11.3. The van der Waals surface area contributed by atoms with Gasteiger partial charge in [0.15, 0.2) is 0 Å². The van der Waals surface area contributed by atoms with Gasteiger partial charge in [-0.15, -0.1) is 0 Å². The number of thioether (sulfide) groups is 1. The minimum absolute atomic E-state index is 0.927. The Morgan fingerprint density at radius 3 is 2.59 bits per heavy atom. The minimum atomic E-state index is 0.927. The van der Waals surface area contributed by atoms with Gasteiger partial charge in [-0.3, -0.25) is 0 Å². The molecule has 0 amide bonds. The van der Waals surface area contributed by atoms with Crippen molar-refractivity contribution in [1.82, 2.24) is 4.98 Å². The van der Waals surface area contributed by atoms with Crippen LogP contribution in [-0.4, -0.2) is 9.18 Å². The van der Waals surface area contributed by atoms with E-state index >= 15 is 0 Å². The summed E-state index contributed by atoms with van der Waals surface area (Å²) in [6.07, 6.45) is 15.3. The standard InChI is InChI=1S/C24H33NS2/c1-6-7-8-9-10-21-15-22(20-13-11-18(4)12-14-20)25-23(21)16-24(17(2)3)27-19(5)26/h11,13,15-16,25H,2,6-10,12,14H2,1,3-5H3/b24-16-. The zero-order valence-corrected chi connectivity index (χ0v) is 18.9. The van der Waals surface area contributed by atoms with Crippen molar-refractivity contribution >= 4 is 39.8 Å². The van der Waals surface area contributed by atoms with E-state index in [2.05, 4.69) is 56.6 Å². The van der Waals surface area contributed by atoms with E-state index in [-0.39, 0.29) is 0 Å². The predicted molar refractivity (Wildman–Crippen MR) is 128 cm³/mol. The van der Waals surface area contributed by atoms with E-state index in [1.807, 2.05) is 6.92 Å². The highest BCUT2D eigenvalue weighted by molar-refractivity contribution is 8.25. The van der Waals surface area contributed by atoms with E-state index < -0.39 is 0 Å². The fraction of sp³-hybridized carbons (Fsp3) is 0.458. The smallest absolute Gasteiger partial charge is 0.0496 e. The van der Waals surface area contributed by atoms with Crippen LogP contribution in [0.3, 0.4) is 0 Å². The topological polar surface area (TPSA) is 15.8 Å². The molecular formula is C24H33NS2. The third-order valence-corrected chi connectivity index (χ3v) is 6.11. The third-order valence-electron chi connectivity index (χ3n) is 4.89. The van der Waals surface area contributed by atoms with Crippen LogP contribution in [-0.2, 0) is 6.42 Å². The Morgan fingerprint density at radius 1 is 1.22 bits per heavy atom. The highest BCUT2D eigenvalue weighted by atomic mass is 32.2. The molecule has 1 heterocycles. The molecule has 1 aromatic heterocycles. The average Bonchev–Trinajstić information content (AvgIpc) is 3.01. The van der Waals surface area contributed by atoms with Gasteiger partial charge in [-0.25, -0.2) is 0 Å². The molecule has 1 aliphatic carbocycles. The summed E-state index contributed by atoms with van der Waals surface area (Å²) in [5, 5.41) is 0. The monoisotopic (exact) mass is 399 g/mol. The lowest BCUT2D eigenvalue weighted by Crippen LogP contribution is -1.92. The quantitative estimate of drug-likeness (QED) is 0.255. The Morgan fingerprint density at radius 2 is 2.00 bits per heavy atom. The summed E-state index contributed by atoms with van der Waals surface area (Å²) in [7, 11) is 0. The molecule has 2 rings (SSSR count). The number of hydrogen-bond acceptors (Lipinski definition) is 2. The van der Waals surface area contributed by atoms with E-state index in [0.29, 0.717) is 0 Å². The molecule has 0 aromatic carbocycles. The van der Waals surface area contributed by atoms with E-state index in [4.69, 9.17) is 12.2 Å². The predicted octanol–water partition coefficient (Wildman–Crippen LogP) is 8.26. The summed E-state index contributed by atoms with van der Waals surface area (Å²) in [4.78, 5) is 4.85. The maximum absolute atomic E-state index is 5.31. The van der Waals surface area contributed by atoms with Gasteiger partial charge in [0.05, 0.1) is 0 Å². The van der Waals surface area contributed by atoms with Crippen molar-refractivity contribution in [2.24, 2.45) is 0 Å². The summed E-state index contributed by atoms with van der Waals surface area (Å²) in [5.41, 5.74) is 7.83. The highest BCUT2D eigenvalue weighted by Gasteiger charge is 2.13. The molecule has 0 atom stereocenters. The van der Waals surface area contributed by atoms with Gasteiger partial charge in [0.2, 0.25) is 0 Å².